The summed E-state index contributed by atoms with van der Waals surface area (Å²) >= 11 is 1.88. The van der Waals surface area contributed by atoms with Crippen LogP contribution in [0.15, 0.2) is 0 Å². The van der Waals surface area contributed by atoms with Gasteiger partial charge in [-0.15, -0.1) is 0 Å². The number of aliphatic hydroxyl groups is 1. The van der Waals surface area contributed by atoms with Gasteiger partial charge in [0.15, 0.2) is 0 Å². The van der Waals surface area contributed by atoms with Crippen LogP contribution in [0.1, 0.15) is 65.7 Å². The molecule has 1 saturated carbocycles. The van der Waals surface area contributed by atoms with Crippen LogP contribution in [0.5, 0.6) is 0 Å². The highest BCUT2D eigenvalue weighted by Crippen LogP contribution is 2.42. The smallest absolute Gasteiger partial charge is 0.0686 e. The molecule has 112 valence electrons. The maximum absolute atomic E-state index is 10.5. The normalized spacial score (nSPS) is 29.4. The Kier molecular flexibility index (Phi) is 5.24. The molecule has 0 radical (unpaired) electrons. The summed E-state index contributed by atoms with van der Waals surface area (Å²) in [7, 11) is 0. The molecule has 19 heavy (non-hydrogen) atoms. The van der Waals surface area contributed by atoms with Crippen LogP contribution in [-0.4, -0.2) is 33.9 Å². The van der Waals surface area contributed by atoms with Crippen LogP contribution < -0.4 is 0 Å². The molecule has 2 nitrogen and oxygen atoms in total. The van der Waals surface area contributed by atoms with Gasteiger partial charge in [0.25, 0.3) is 0 Å². The maximum Gasteiger partial charge on any atom is 0.0686 e. The summed E-state index contributed by atoms with van der Waals surface area (Å²) in [5, 5.41) is 10.5. The van der Waals surface area contributed by atoms with Gasteiger partial charge >= 0.3 is 0 Å². The lowest BCUT2D eigenvalue weighted by molar-refractivity contribution is -0.131. The predicted molar refractivity (Wildman–Crippen MR) is 82.7 cm³/mol. The van der Waals surface area contributed by atoms with E-state index in [-0.39, 0.29) is 16.5 Å². The molecule has 2 atom stereocenters. The fourth-order valence-corrected chi connectivity index (χ4v) is 4.35. The van der Waals surface area contributed by atoms with Crippen LogP contribution in [0.2, 0.25) is 0 Å². The predicted octanol–water partition coefficient (Wildman–Crippen LogP) is 4.01. The molecule has 0 aromatic heterocycles. The average Bonchev–Trinajstić information content (AvgIpc) is 2.36. The Morgan fingerprint density at radius 2 is 1.95 bits per heavy atom. The van der Waals surface area contributed by atoms with E-state index in [1.165, 1.54) is 32.1 Å². The molecule has 0 amide bonds. The minimum atomic E-state index is -0.160. The topological polar surface area (TPSA) is 29.5 Å². The lowest BCUT2D eigenvalue weighted by Crippen LogP contribution is -2.45. The molecule has 1 heterocycles. The van der Waals surface area contributed by atoms with Crippen molar-refractivity contribution in [2.24, 2.45) is 5.92 Å². The van der Waals surface area contributed by atoms with Gasteiger partial charge in [-0.2, -0.15) is 11.8 Å². The summed E-state index contributed by atoms with van der Waals surface area (Å²) in [6.07, 6.45) is 8.35. The molecule has 1 saturated heterocycles. The van der Waals surface area contributed by atoms with Gasteiger partial charge in [-0.25, -0.2) is 0 Å². The maximum atomic E-state index is 10.5. The molecule has 0 aromatic rings. The van der Waals surface area contributed by atoms with E-state index < -0.39 is 0 Å². The first-order valence-electron chi connectivity index (χ1n) is 7.86. The van der Waals surface area contributed by atoms with E-state index in [1.807, 2.05) is 11.8 Å². The van der Waals surface area contributed by atoms with E-state index in [4.69, 9.17) is 4.74 Å². The van der Waals surface area contributed by atoms with Crippen molar-refractivity contribution in [1.29, 1.82) is 0 Å². The highest BCUT2D eigenvalue weighted by atomic mass is 32.2. The lowest BCUT2D eigenvalue weighted by atomic mass is 9.75. The molecule has 3 heteroatoms. The molecule has 2 unspecified atom stereocenters. The Morgan fingerprint density at radius 3 is 2.58 bits per heavy atom. The zero-order chi connectivity index (χ0) is 13.9. The van der Waals surface area contributed by atoms with Crippen molar-refractivity contribution in [1.82, 2.24) is 0 Å². The summed E-state index contributed by atoms with van der Waals surface area (Å²) < 4.78 is 6.36. The van der Waals surface area contributed by atoms with Crippen molar-refractivity contribution >= 4 is 11.8 Å². The van der Waals surface area contributed by atoms with Gasteiger partial charge in [-0.3, -0.25) is 0 Å². The van der Waals surface area contributed by atoms with Gasteiger partial charge in [-0.05, 0) is 31.6 Å². The quantitative estimate of drug-likeness (QED) is 0.850. The molecule has 2 rings (SSSR count). The van der Waals surface area contributed by atoms with Crippen LogP contribution in [0.25, 0.3) is 0 Å². The van der Waals surface area contributed by atoms with Gasteiger partial charge in [-0.1, -0.05) is 40.0 Å². The largest absolute Gasteiger partial charge is 0.392 e. The summed E-state index contributed by atoms with van der Waals surface area (Å²) in [6, 6.07) is 0. The zero-order valence-corrected chi connectivity index (χ0v) is 13.6. The number of aliphatic hydroxyl groups excluding tert-OH is 1. The summed E-state index contributed by atoms with van der Waals surface area (Å²) in [5.74, 6) is 1.31. The zero-order valence-electron chi connectivity index (χ0n) is 12.8. The minimum Gasteiger partial charge on any atom is -0.392 e. The molecule has 1 spiro atoms. The second-order valence-corrected chi connectivity index (χ2v) is 9.18. The summed E-state index contributed by atoms with van der Waals surface area (Å²) in [6.45, 7) is 7.51. The van der Waals surface area contributed by atoms with Crippen molar-refractivity contribution in [2.45, 2.75) is 82.2 Å². The fourth-order valence-electron chi connectivity index (χ4n) is 3.41. The van der Waals surface area contributed by atoms with E-state index in [2.05, 4.69) is 20.8 Å². The molecule has 2 fully saturated rings. The standard InChI is InChI=1S/C16H30O2S/c1-15(2,3)19-12-14(17)13-7-10-18-16(11-13)8-5-4-6-9-16/h13-14,17H,4-12H2,1-3H3. The van der Waals surface area contributed by atoms with Crippen LogP contribution in [0, 0.1) is 5.92 Å². The second-order valence-electron chi connectivity index (χ2n) is 7.34. The first kappa shape index (κ1) is 15.7. The Bertz CT molecular complexity index is 273. The molecular weight excluding hydrogens is 256 g/mol. The Hall–Kier alpha value is 0.270. The fraction of sp³-hybridized carbons (Fsp3) is 1.00. The molecule has 2 aliphatic rings. The molecule has 0 aromatic carbocycles. The summed E-state index contributed by atoms with van der Waals surface area (Å²) in [5.41, 5.74) is 0.120. The van der Waals surface area contributed by atoms with E-state index in [0.29, 0.717) is 5.92 Å². The monoisotopic (exact) mass is 286 g/mol. The van der Waals surface area contributed by atoms with E-state index in [1.54, 1.807) is 0 Å². The molecule has 0 bridgehead atoms. The number of hydrogen-bond acceptors (Lipinski definition) is 3. The van der Waals surface area contributed by atoms with Crippen LogP contribution in [0.4, 0.5) is 0 Å². The van der Waals surface area contributed by atoms with Gasteiger partial charge in [0.05, 0.1) is 11.7 Å². The number of ether oxygens (including phenoxy) is 1. The Morgan fingerprint density at radius 1 is 1.26 bits per heavy atom. The van der Waals surface area contributed by atoms with Crippen LogP contribution in [0.3, 0.4) is 0 Å². The number of hydrogen-bond donors (Lipinski definition) is 1. The van der Waals surface area contributed by atoms with Crippen LogP contribution in [-0.2, 0) is 4.74 Å². The van der Waals surface area contributed by atoms with Gasteiger partial charge in [0.1, 0.15) is 0 Å². The SMILES string of the molecule is CC(C)(C)SCC(O)C1CCOC2(CCCCC2)C1. The third-order valence-corrected chi connectivity index (χ3v) is 5.90. The second kappa shape index (κ2) is 6.36. The number of rotatable bonds is 3. The van der Waals surface area contributed by atoms with E-state index >= 15 is 0 Å². The van der Waals surface area contributed by atoms with E-state index in [0.717, 1.165) is 25.2 Å². The van der Waals surface area contributed by atoms with Crippen molar-refractivity contribution in [3.05, 3.63) is 0 Å². The van der Waals surface area contributed by atoms with Gasteiger partial charge in [0, 0.05) is 17.1 Å². The number of thioether (sulfide) groups is 1. The van der Waals surface area contributed by atoms with Gasteiger partial charge < -0.3 is 9.84 Å². The molecule has 1 aliphatic heterocycles. The van der Waals surface area contributed by atoms with E-state index in [9.17, 15) is 5.11 Å². The van der Waals surface area contributed by atoms with Crippen LogP contribution >= 0.6 is 11.8 Å². The highest BCUT2D eigenvalue weighted by molar-refractivity contribution is 8.00. The lowest BCUT2D eigenvalue weighted by Gasteiger charge is -2.44. The highest BCUT2D eigenvalue weighted by Gasteiger charge is 2.40. The minimum absolute atomic E-state index is 0.120. The first-order valence-corrected chi connectivity index (χ1v) is 8.85. The first-order chi connectivity index (χ1) is 8.90. The van der Waals surface area contributed by atoms with Crippen molar-refractivity contribution in [2.75, 3.05) is 12.4 Å². The van der Waals surface area contributed by atoms with Gasteiger partial charge in [0.2, 0.25) is 0 Å². The molecule has 1 N–H and O–H groups in total. The summed E-state index contributed by atoms with van der Waals surface area (Å²) in [4.78, 5) is 0. The van der Waals surface area contributed by atoms with Crippen molar-refractivity contribution in [3.8, 4) is 0 Å². The van der Waals surface area contributed by atoms with Crippen molar-refractivity contribution < 1.29 is 9.84 Å². The average molecular weight is 286 g/mol. The third-order valence-electron chi connectivity index (χ3n) is 4.53. The third kappa shape index (κ3) is 4.64. The molecule has 1 aliphatic carbocycles. The Labute approximate surface area is 122 Å². The Balaban J connectivity index is 1.86. The molecular formula is C16H30O2S. The van der Waals surface area contributed by atoms with Crippen molar-refractivity contribution in [3.63, 3.8) is 0 Å².